The summed E-state index contributed by atoms with van der Waals surface area (Å²) in [7, 11) is 0. The number of likely N-dealkylation sites (tertiary alicyclic amines) is 2. The van der Waals surface area contributed by atoms with Crippen molar-refractivity contribution in [3.8, 4) is 5.88 Å². The van der Waals surface area contributed by atoms with Crippen LogP contribution in [0.5, 0.6) is 5.88 Å². The highest BCUT2D eigenvalue weighted by atomic mass is 79.9. The van der Waals surface area contributed by atoms with Gasteiger partial charge in [0.1, 0.15) is 34.1 Å². The fourth-order valence-corrected chi connectivity index (χ4v) is 4.40. The van der Waals surface area contributed by atoms with Crippen molar-refractivity contribution < 1.29 is 28.9 Å². The molecule has 252 valence electrons. The zero-order chi connectivity index (χ0) is 33.6. The van der Waals surface area contributed by atoms with Gasteiger partial charge in [-0.25, -0.2) is 29.5 Å². The average Bonchev–Trinajstić information content (AvgIpc) is 2.97. The molecule has 0 radical (unpaired) electrons. The first kappa shape index (κ1) is 37.7. The maximum atomic E-state index is 12.0. The summed E-state index contributed by atoms with van der Waals surface area (Å²) >= 11 is 3.12. The van der Waals surface area contributed by atoms with Crippen molar-refractivity contribution in [2.24, 2.45) is 11.8 Å². The monoisotopic (exact) mass is 696 g/mol. The number of carbonyl (C=O) groups excluding carboxylic acids is 2. The lowest BCUT2D eigenvalue weighted by atomic mass is 9.98. The molecule has 4 rings (SSSR count). The third-order valence-electron chi connectivity index (χ3n) is 6.64. The predicted molar refractivity (Wildman–Crippen MR) is 174 cm³/mol. The Balaban J connectivity index is 0.000000263. The van der Waals surface area contributed by atoms with Crippen molar-refractivity contribution in [1.82, 2.24) is 29.7 Å². The van der Waals surface area contributed by atoms with Crippen LogP contribution in [0.2, 0.25) is 0 Å². The lowest BCUT2D eigenvalue weighted by Gasteiger charge is -2.33. The molecule has 4 heterocycles. The molecule has 0 unspecified atom stereocenters. The lowest BCUT2D eigenvalue weighted by molar-refractivity contribution is 0.0152. The fraction of sp³-hybridized carbons (Fsp3) is 0.667. The molecule has 2 saturated heterocycles. The molecule has 2 fully saturated rings. The summed E-state index contributed by atoms with van der Waals surface area (Å²) in [4.78, 5) is 42.4. The molecule has 0 aliphatic carbocycles. The van der Waals surface area contributed by atoms with E-state index in [1.165, 1.54) is 25.0 Å². The molecule has 2 aromatic heterocycles. The van der Waals surface area contributed by atoms with Crippen LogP contribution in [0.4, 0.5) is 21.0 Å². The molecule has 2 amide bonds. The van der Waals surface area contributed by atoms with Crippen molar-refractivity contribution in [3.63, 3.8) is 0 Å². The van der Waals surface area contributed by atoms with Crippen molar-refractivity contribution >= 4 is 39.5 Å². The number of anilines is 2. The van der Waals surface area contributed by atoms with Crippen LogP contribution >= 0.6 is 15.9 Å². The lowest BCUT2D eigenvalue weighted by Crippen LogP contribution is -2.42. The predicted octanol–water partition coefficient (Wildman–Crippen LogP) is 4.53. The molecule has 5 N–H and O–H groups in total. The van der Waals surface area contributed by atoms with Gasteiger partial charge in [0, 0.05) is 32.8 Å². The van der Waals surface area contributed by atoms with E-state index >= 15 is 0 Å². The second kappa shape index (κ2) is 17.9. The van der Waals surface area contributed by atoms with Gasteiger partial charge < -0.3 is 40.6 Å². The number of nitrogen functional groups attached to an aromatic ring is 2. The van der Waals surface area contributed by atoms with Crippen molar-refractivity contribution in [3.05, 3.63) is 29.7 Å². The van der Waals surface area contributed by atoms with E-state index in [-0.39, 0.29) is 18.8 Å². The number of aliphatic hydroxyl groups excluding tert-OH is 1. The smallest absolute Gasteiger partial charge is 0.410 e. The van der Waals surface area contributed by atoms with E-state index in [0.717, 1.165) is 25.7 Å². The number of amides is 2. The van der Waals surface area contributed by atoms with Gasteiger partial charge in [0.05, 0.1) is 24.7 Å². The molecular weight excluding hydrogens is 648 g/mol. The Labute approximate surface area is 274 Å². The van der Waals surface area contributed by atoms with E-state index in [2.05, 4.69) is 35.9 Å². The zero-order valence-electron chi connectivity index (χ0n) is 27.2. The summed E-state index contributed by atoms with van der Waals surface area (Å²) in [6.07, 6.45) is 8.92. The maximum absolute atomic E-state index is 12.0. The Kier molecular flexibility index (Phi) is 15.0. The normalized spacial score (nSPS) is 16.0. The quantitative estimate of drug-likeness (QED) is 0.379. The van der Waals surface area contributed by atoms with E-state index in [1.54, 1.807) is 9.80 Å². The van der Waals surface area contributed by atoms with Crippen LogP contribution in [-0.2, 0) is 9.47 Å². The minimum absolute atomic E-state index is 0.224. The van der Waals surface area contributed by atoms with Crippen molar-refractivity contribution in [2.75, 3.05) is 50.9 Å². The van der Waals surface area contributed by atoms with Gasteiger partial charge in [0.2, 0.25) is 5.88 Å². The minimum atomic E-state index is -0.457. The van der Waals surface area contributed by atoms with Gasteiger partial charge in [-0.2, -0.15) is 0 Å². The van der Waals surface area contributed by atoms with Gasteiger partial charge in [-0.1, -0.05) is 0 Å². The highest BCUT2D eigenvalue weighted by Crippen LogP contribution is 2.23. The summed E-state index contributed by atoms with van der Waals surface area (Å²) in [6, 6.07) is 0. The van der Waals surface area contributed by atoms with Crippen LogP contribution in [0.3, 0.4) is 0 Å². The Morgan fingerprint density at radius 2 is 1.27 bits per heavy atom. The average molecular weight is 698 g/mol. The number of carbonyl (C=O) groups is 2. The van der Waals surface area contributed by atoms with Crippen molar-refractivity contribution in [2.45, 2.75) is 78.4 Å². The second-order valence-electron chi connectivity index (χ2n) is 12.9. The summed E-state index contributed by atoms with van der Waals surface area (Å²) in [6.45, 7) is 14.7. The number of nitrogens with two attached hydrogens (primary N) is 2. The Bertz CT molecular complexity index is 1170. The number of piperidine rings is 2. The van der Waals surface area contributed by atoms with Gasteiger partial charge >= 0.3 is 12.2 Å². The number of aromatic nitrogens is 4. The fourth-order valence-electron chi connectivity index (χ4n) is 4.21. The van der Waals surface area contributed by atoms with E-state index in [4.69, 9.17) is 30.8 Å². The maximum Gasteiger partial charge on any atom is 0.410 e. The number of nitrogens with zero attached hydrogens (tertiary/aromatic N) is 6. The molecule has 0 aromatic carbocycles. The number of hydrogen-bond acceptors (Lipinski definition) is 12. The Morgan fingerprint density at radius 1 is 0.822 bits per heavy atom. The van der Waals surface area contributed by atoms with Gasteiger partial charge in [0.15, 0.2) is 0 Å². The third kappa shape index (κ3) is 14.9. The SMILES string of the molecule is CC(C)(C)OC(=O)N1CCC(CO)CC1.CC(C)(C)OC(=O)N1CCC(COc2ncncc2N)CC1.Nc1cncnc1Br. The van der Waals surface area contributed by atoms with Crippen LogP contribution in [0.25, 0.3) is 0 Å². The molecule has 2 aromatic rings. The molecule has 45 heavy (non-hydrogen) atoms. The Morgan fingerprint density at radius 3 is 1.64 bits per heavy atom. The molecule has 0 saturated carbocycles. The Hall–Kier alpha value is -3.46. The molecular formula is C30H49BrN8O6. The largest absolute Gasteiger partial charge is 0.476 e. The molecule has 2 aliphatic rings. The summed E-state index contributed by atoms with van der Waals surface area (Å²) < 4.78 is 16.9. The minimum Gasteiger partial charge on any atom is -0.476 e. The van der Waals surface area contributed by atoms with Crippen molar-refractivity contribution in [1.29, 1.82) is 0 Å². The van der Waals surface area contributed by atoms with Crippen LogP contribution < -0.4 is 16.2 Å². The second-order valence-corrected chi connectivity index (χ2v) is 13.6. The van der Waals surface area contributed by atoms with Gasteiger partial charge in [-0.3, -0.25) is 0 Å². The molecule has 0 spiro atoms. The highest BCUT2D eigenvalue weighted by molar-refractivity contribution is 9.10. The zero-order valence-corrected chi connectivity index (χ0v) is 28.8. The first-order valence-electron chi connectivity index (χ1n) is 15.0. The first-order valence-corrected chi connectivity index (χ1v) is 15.8. The summed E-state index contributed by atoms with van der Waals surface area (Å²) in [5.74, 6) is 1.15. The number of halogens is 1. The molecule has 0 atom stereocenters. The van der Waals surface area contributed by atoms with Gasteiger partial charge in [-0.05, 0) is 95.0 Å². The van der Waals surface area contributed by atoms with Crippen LogP contribution in [0.15, 0.2) is 29.7 Å². The molecule has 2 aliphatic heterocycles. The van der Waals surface area contributed by atoms with Gasteiger partial charge in [0.25, 0.3) is 0 Å². The summed E-state index contributed by atoms with van der Waals surface area (Å²) in [5, 5.41) is 8.97. The molecule has 15 heteroatoms. The van der Waals surface area contributed by atoms with Crippen LogP contribution in [-0.4, -0.2) is 97.6 Å². The first-order chi connectivity index (χ1) is 21.1. The number of aliphatic hydroxyl groups is 1. The highest BCUT2D eigenvalue weighted by Gasteiger charge is 2.28. The standard InChI is InChI=1S/C15H24N4O3.C11H21NO3.C4H4BrN3/c1-15(2,3)22-14(20)19-6-4-11(5-7-19)9-21-13-12(16)8-17-10-18-13;1-11(2,3)15-10(14)12-6-4-9(8-13)5-7-12;5-4-3(6)1-7-2-8-4/h8,10-11H,4-7,9,16H2,1-3H3;9,13H,4-8H2,1-3H3;1-2H,6H2. The van der Waals surface area contributed by atoms with Crippen LogP contribution in [0.1, 0.15) is 67.2 Å². The molecule has 0 bridgehead atoms. The molecule has 14 nitrogen and oxygen atoms in total. The van der Waals surface area contributed by atoms with E-state index in [9.17, 15) is 9.59 Å². The van der Waals surface area contributed by atoms with E-state index in [1.807, 2.05) is 41.5 Å². The van der Waals surface area contributed by atoms with E-state index in [0.29, 0.717) is 66.5 Å². The number of hydrogen-bond donors (Lipinski definition) is 3. The number of rotatable bonds is 4. The van der Waals surface area contributed by atoms with E-state index < -0.39 is 11.2 Å². The topological polar surface area (TPSA) is 192 Å². The van der Waals surface area contributed by atoms with Gasteiger partial charge in [-0.15, -0.1) is 0 Å². The summed E-state index contributed by atoms with van der Waals surface area (Å²) in [5.41, 5.74) is 11.2. The number of ether oxygens (including phenoxy) is 3. The van der Waals surface area contributed by atoms with Crippen LogP contribution in [0, 0.1) is 11.8 Å². The third-order valence-corrected chi connectivity index (χ3v) is 7.30.